The summed E-state index contributed by atoms with van der Waals surface area (Å²) in [5.41, 5.74) is 5.77. The van der Waals surface area contributed by atoms with Crippen LogP contribution >= 0.6 is 11.3 Å². The van der Waals surface area contributed by atoms with Crippen LogP contribution in [-0.2, 0) is 12.7 Å². The Morgan fingerprint density at radius 3 is 2.53 bits per heavy atom. The van der Waals surface area contributed by atoms with Gasteiger partial charge in [0.1, 0.15) is 10.7 Å². The number of alkyl halides is 3. The van der Waals surface area contributed by atoms with Crippen molar-refractivity contribution >= 4 is 11.3 Å². The first kappa shape index (κ1) is 12.0. The molecule has 0 aliphatic carbocycles. The lowest BCUT2D eigenvalue weighted by Crippen LogP contribution is -2.07. The smallest absolute Gasteiger partial charge is 0.325 e. The molecule has 3 nitrogen and oxygen atoms in total. The third-order valence-corrected chi connectivity index (χ3v) is 3.00. The van der Waals surface area contributed by atoms with Crippen LogP contribution in [-0.4, -0.2) is 9.97 Å². The first-order valence-electron chi connectivity index (χ1n) is 4.69. The molecule has 0 amide bonds. The predicted octanol–water partition coefficient (Wildman–Crippen LogP) is 2.68. The summed E-state index contributed by atoms with van der Waals surface area (Å²) in [7, 11) is 0. The van der Waals surface area contributed by atoms with Crippen molar-refractivity contribution in [1.82, 2.24) is 9.97 Å². The standard InChI is InChI=1S/C10H8F3N3S/c11-10(12,13)8-2-1-6(4-15-8)9-16-7(3-14)5-17-9/h1-2,4-5H,3,14H2. The first-order valence-corrected chi connectivity index (χ1v) is 5.57. The monoisotopic (exact) mass is 259 g/mol. The summed E-state index contributed by atoms with van der Waals surface area (Å²) in [6.45, 7) is 0.310. The lowest BCUT2D eigenvalue weighted by molar-refractivity contribution is -0.141. The zero-order valence-electron chi connectivity index (χ0n) is 8.53. The molecule has 0 unspecified atom stereocenters. The molecule has 0 aliphatic rings. The molecule has 2 aromatic heterocycles. The van der Waals surface area contributed by atoms with Crippen LogP contribution in [0.2, 0.25) is 0 Å². The van der Waals surface area contributed by atoms with E-state index in [-0.39, 0.29) is 0 Å². The molecule has 0 aromatic carbocycles. The van der Waals surface area contributed by atoms with Crippen LogP contribution in [0.4, 0.5) is 13.2 Å². The van der Waals surface area contributed by atoms with Crippen LogP contribution in [0.3, 0.4) is 0 Å². The average molecular weight is 259 g/mol. The van der Waals surface area contributed by atoms with Crippen LogP contribution in [0.15, 0.2) is 23.7 Å². The van der Waals surface area contributed by atoms with Crippen molar-refractivity contribution in [3.8, 4) is 10.6 Å². The second-order valence-electron chi connectivity index (χ2n) is 3.28. The van der Waals surface area contributed by atoms with E-state index in [2.05, 4.69) is 9.97 Å². The molecule has 2 rings (SSSR count). The summed E-state index contributed by atoms with van der Waals surface area (Å²) in [4.78, 5) is 7.53. The SMILES string of the molecule is NCc1csc(-c2ccc(C(F)(F)F)nc2)n1. The largest absolute Gasteiger partial charge is 0.433 e. The molecule has 0 radical (unpaired) electrons. The van der Waals surface area contributed by atoms with Gasteiger partial charge in [-0.25, -0.2) is 4.98 Å². The van der Waals surface area contributed by atoms with Gasteiger partial charge < -0.3 is 5.73 Å². The van der Waals surface area contributed by atoms with Crippen LogP contribution in [0.25, 0.3) is 10.6 Å². The van der Waals surface area contributed by atoms with E-state index in [0.29, 0.717) is 22.8 Å². The number of pyridine rings is 1. The molecule has 0 atom stereocenters. The van der Waals surface area contributed by atoms with Crippen molar-refractivity contribution in [3.05, 3.63) is 35.1 Å². The van der Waals surface area contributed by atoms with Crippen molar-refractivity contribution in [1.29, 1.82) is 0 Å². The van der Waals surface area contributed by atoms with E-state index in [1.54, 1.807) is 5.38 Å². The maximum Gasteiger partial charge on any atom is 0.433 e. The summed E-state index contributed by atoms with van der Waals surface area (Å²) in [5, 5.41) is 2.39. The molecular formula is C10H8F3N3S. The second kappa shape index (κ2) is 4.42. The zero-order chi connectivity index (χ0) is 12.5. The fraction of sp³-hybridized carbons (Fsp3) is 0.200. The first-order chi connectivity index (χ1) is 8.00. The number of nitrogens with zero attached hydrogens (tertiary/aromatic N) is 2. The Morgan fingerprint density at radius 1 is 1.29 bits per heavy atom. The highest BCUT2D eigenvalue weighted by molar-refractivity contribution is 7.13. The molecule has 7 heteroatoms. The van der Waals surface area contributed by atoms with Crippen molar-refractivity contribution in [2.45, 2.75) is 12.7 Å². The highest BCUT2D eigenvalue weighted by Crippen LogP contribution is 2.29. The van der Waals surface area contributed by atoms with Gasteiger partial charge in [0.2, 0.25) is 0 Å². The fourth-order valence-corrected chi connectivity index (χ4v) is 2.04. The van der Waals surface area contributed by atoms with Gasteiger partial charge in [-0.3, -0.25) is 4.98 Å². The van der Waals surface area contributed by atoms with E-state index in [0.717, 1.165) is 6.07 Å². The summed E-state index contributed by atoms with van der Waals surface area (Å²) in [6.07, 6.45) is -3.24. The number of thiazole rings is 1. The number of rotatable bonds is 2. The normalized spacial score (nSPS) is 11.8. The molecule has 2 N–H and O–H groups in total. The second-order valence-corrected chi connectivity index (χ2v) is 4.14. The predicted molar refractivity (Wildman–Crippen MR) is 58.2 cm³/mol. The van der Waals surface area contributed by atoms with Crippen LogP contribution < -0.4 is 5.73 Å². The lowest BCUT2D eigenvalue weighted by Gasteiger charge is -2.05. The molecule has 90 valence electrons. The minimum Gasteiger partial charge on any atom is -0.325 e. The lowest BCUT2D eigenvalue weighted by atomic mass is 10.2. The molecule has 2 heterocycles. The highest BCUT2D eigenvalue weighted by atomic mass is 32.1. The zero-order valence-corrected chi connectivity index (χ0v) is 9.35. The van der Waals surface area contributed by atoms with Gasteiger partial charge in [0.15, 0.2) is 0 Å². The van der Waals surface area contributed by atoms with Crippen molar-refractivity contribution in [3.63, 3.8) is 0 Å². The van der Waals surface area contributed by atoms with E-state index in [1.807, 2.05) is 0 Å². The highest BCUT2D eigenvalue weighted by Gasteiger charge is 2.32. The van der Waals surface area contributed by atoms with Gasteiger partial charge in [-0.2, -0.15) is 13.2 Å². The summed E-state index contributed by atoms with van der Waals surface area (Å²) >= 11 is 1.33. The van der Waals surface area contributed by atoms with Gasteiger partial charge >= 0.3 is 6.18 Å². The molecule has 0 fully saturated rings. The quantitative estimate of drug-likeness (QED) is 0.902. The third-order valence-electron chi connectivity index (χ3n) is 2.06. The molecule has 0 saturated heterocycles. The van der Waals surface area contributed by atoms with Gasteiger partial charge in [-0.1, -0.05) is 0 Å². The van der Waals surface area contributed by atoms with Crippen molar-refractivity contribution < 1.29 is 13.2 Å². The molecule has 0 saturated carbocycles. The maximum absolute atomic E-state index is 12.3. The maximum atomic E-state index is 12.3. The van der Waals surface area contributed by atoms with Crippen LogP contribution in [0, 0.1) is 0 Å². The third kappa shape index (κ3) is 2.62. The van der Waals surface area contributed by atoms with Gasteiger partial charge in [0.25, 0.3) is 0 Å². The Bertz CT molecular complexity index is 504. The summed E-state index contributed by atoms with van der Waals surface area (Å²) in [6, 6.07) is 2.30. The fourth-order valence-electron chi connectivity index (χ4n) is 1.22. The van der Waals surface area contributed by atoms with E-state index >= 15 is 0 Å². The Hall–Kier alpha value is -1.47. The summed E-state index contributed by atoms with van der Waals surface area (Å²) < 4.78 is 36.9. The van der Waals surface area contributed by atoms with Gasteiger partial charge in [0, 0.05) is 23.7 Å². The minimum absolute atomic E-state index is 0.310. The van der Waals surface area contributed by atoms with Crippen molar-refractivity contribution in [2.24, 2.45) is 5.73 Å². The number of nitrogens with two attached hydrogens (primary N) is 1. The number of hydrogen-bond donors (Lipinski definition) is 1. The van der Waals surface area contributed by atoms with Crippen molar-refractivity contribution in [2.75, 3.05) is 0 Å². The Labute approximate surface area is 99.1 Å². The van der Waals surface area contributed by atoms with Crippen LogP contribution in [0.5, 0.6) is 0 Å². The number of halogens is 3. The molecule has 17 heavy (non-hydrogen) atoms. The topological polar surface area (TPSA) is 51.8 Å². The average Bonchev–Trinajstić information content (AvgIpc) is 2.76. The molecule has 0 bridgehead atoms. The molecule has 2 aromatic rings. The van der Waals surface area contributed by atoms with Gasteiger partial charge in [0.05, 0.1) is 5.69 Å². The Morgan fingerprint density at radius 2 is 2.06 bits per heavy atom. The van der Waals surface area contributed by atoms with Crippen LogP contribution in [0.1, 0.15) is 11.4 Å². The number of aromatic nitrogens is 2. The number of hydrogen-bond acceptors (Lipinski definition) is 4. The van der Waals surface area contributed by atoms with E-state index in [9.17, 15) is 13.2 Å². The minimum atomic E-state index is -4.41. The van der Waals surface area contributed by atoms with E-state index in [4.69, 9.17) is 5.73 Å². The molecular weight excluding hydrogens is 251 g/mol. The van der Waals surface area contributed by atoms with Gasteiger partial charge in [-0.15, -0.1) is 11.3 Å². The Kier molecular flexibility index (Phi) is 3.12. The van der Waals surface area contributed by atoms with E-state index < -0.39 is 11.9 Å². The Balaban J connectivity index is 2.29. The summed E-state index contributed by atoms with van der Waals surface area (Å²) in [5.74, 6) is 0. The molecule has 0 aliphatic heterocycles. The van der Waals surface area contributed by atoms with Gasteiger partial charge in [-0.05, 0) is 12.1 Å². The van der Waals surface area contributed by atoms with E-state index in [1.165, 1.54) is 23.6 Å². The molecule has 0 spiro atoms.